The third-order valence-corrected chi connectivity index (χ3v) is 7.11. The number of aromatic nitrogens is 5. The topological polar surface area (TPSA) is 83.5 Å². The van der Waals surface area contributed by atoms with Crippen LogP contribution in [0.2, 0.25) is 0 Å². The second-order valence-corrected chi connectivity index (χ2v) is 10.4. The summed E-state index contributed by atoms with van der Waals surface area (Å²) in [5.74, 6) is 2.07. The van der Waals surface area contributed by atoms with E-state index in [4.69, 9.17) is 14.6 Å². The highest BCUT2D eigenvalue weighted by molar-refractivity contribution is 7.15. The number of thiazole rings is 1. The Morgan fingerprint density at radius 3 is 2.27 bits per heavy atom. The van der Waals surface area contributed by atoms with Crippen LogP contribution in [0.4, 0.5) is 0 Å². The van der Waals surface area contributed by atoms with Crippen LogP contribution in [-0.2, 0) is 0 Å². The van der Waals surface area contributed by atoms with Crippen molar-refractivity contribution in [2.45, 2.75) is 26.9 Å². The summed E-state index contributed by atoms with van der Waals surface area (Å²) in [6.45, 7) is 6.53. The van der Waals surface area contributed by atoms with Crippen molar-refractivity contribution in [3.63, 3.8) is 0 Å². The van der Waals surface area contributed by atoms with Crippen molar-refractivity contribution in [1.82, 2.24) is 24.4 Å². The van der Waals surface area contributed by atoms with E-state index in [1.807, 2.05) is 117 Å². The minimum atomic E-state index is -0.219. The number of ether oxygens (including phenoxy) is 2. The Kier molecular flexibility index (Phi) is 6.88. The average molecular weight is 550 g/mol. The maximum absolute atomic E-state index is 13.4. The van der Waals surface area contributed by atoms with Gasteiger partial charge in [0.1, 0.15) is 17.2 Å². The highest BCUT2D eigenvalue weighted by atomic mass is 32.1. The number of nitrogens with zero attached hydrogens (tertiary/aromatic N) is 5. The van der Waals surface area contributed by atoms with Crippen LogP contribution in [0.15, 0.2) is 89.9 Å². The molecule has 0 bridgehead atoms. The standard InChI is InChI=1S/C31H27N5O3S/c1-4-38-25-14-12-22(13-15-25)29-32-31-36(34-29)30(37)27(40-31)18-23-19-35(24-8-6-5-7-9-24)33-28(23)21-10-16-26(17-11-21)39-20(2)3/h5-20H,4H2,1-3H3/b27-18-. The maximum atomic E-state index is 13.4. The molecule has 0 aliphatic carbocycles. The molecule has 0 radical (unpaired) electrons. The molecule has 0 aliphatic rings. The van der Waals surface area contributed by atoms with Gasteiger partial charge in [-0.05, 0) is 87.5 Å². The van der Waals surface area contributed by atoms with Crippen LogP contribution in [0, 0.1) is 0 Å². The van der Waals surface area contributed by atoms with Crippen LogP contribution in [0.25, 0.3) is 39.4 Å². The molecule has 0 unspecified atom stereocenters. The third kappa shape index (κ3) is 5.11. The zero-order valence-corrected chi connectivity index (χ0v) is 23.1. The second kappa shape index (κ2) is 10.8. The van der Waals surface area contributed by atoms with Gasteiger partial charge in [-0.2, -0.15) is 14.6 Å². The first-order valence-corrected chi connectivity index (χ1v) is 13.9. The minimum absolute atomic E-state index is 0.0869. The van der Waals surface area contributed by atoms with Gasteiger partial charge < -0.3 is 9.47 Å². The lowest BCUT2D eigenvalue weighted by Gasteiger charge is -2.09. The molecule has 9 heteroatoms. The molecule has 8 nitrogen and oxygen atoms in total. The molecule has 3 aromatic carbocycles. The lowest BCUT2D eigenvalue weighted by molar-refractivity contribution is 0.242. The second-order valence-electron chi connectivity index (χ2n) is 9.41. The summed E-state index contributed by atoms with van der Waals surface area (Å²) in [6.07, 6.45) is 3.88. The molecule has 200 valence electrons. The first-order valence-electron chi connectivity index (χ1n) is 13.0. The zero-order chi connectivity index (χ0) is 27.6. The fourth-order valence-electron chi connectivity index (χ4n) is 4.36. The molecular weight excluding hydrogens is 522 g/mol. The van der Waals surface area contributed by atoms with Crippen LogP contribution < -0.4 is 19.6 Å². The number of fused-ring (bicyclic) bond motifs is 1. The zero-order valence-electron chi connectivity index (χ0n) is 22.3. The van der Waals surface area contributed by atoms with Crippen molar-refractivity contribution < 1.29 is 9.47 Å². The van der Waals surface area contributed by atoms with Crippen LogP contribution in [0.1, 0.15) is 26.3 Å². The maximum Gasteiger partial charge on any atom is 0.291 e. The highest BCUT2D eigenvalue weighted by Gasteiger charge is 2.15. The van der Waals surface area contributed by atoms with Crippen molar-refractivity contribution in [2.24, 2.45) is 0 Å². The predicted octanol–water partition coefficient (Wildman–Crippen LogP) is 5.40. The first-order chi connectivity index (χ1) is 19.5. The van der Waals surface area contributed by atoms with E-state index in [0.717, 1.165) is 39.6 Å². The van der Waals surface area contributed by atoms with E-state index in [2.05, 4.69) is 10.1 Å². The number of rotatable bonds is 8. The summed E-state index contributed by atoms with van der Waals surface area (Å²) in [5, 5.41) is 9.38. The SMILES string of the molecule is CCOc1ccc(-c2nc3s/c(=C\c4cn(-c5ccccc5)nc4-c4ccc(OC(C)C)cc4)c(=O)n3n2)cc1. The van der Waals surface area contributed by atoms with Gasteiger partial charge in [-0.3, -0.25) is 4.79 Å². The van der Waals surface area contributed by atoms with Crippen molar-refractivity contribution in [2.75, 3.05) is 6.61 Å². The Morgan fingerprint density at radius 1 is 0.900 bits per heavy atom. The highest BCUT2D eigenvalue weighted by Crippen LogP contribution is 2.27. The predicted molar refractivity (Wildman–Crippen MR) is 157 cm³/mol. The first kappa shape index (κ1) is 25.5. The van der Waals surface area contributed by atoms with Gasteiger partial charge >= 0.3 is 0 Å². The van der Waals surface area contributed by atoms with E-state index in [1.54, 1.807) is 0 Å². The van der Waals surface area contributed by atoms with E-state index < -0.39 is 0 Å². The Bertz CT molecular complexity index is 1870. The fraction of sp³-hybridized carbons (Fsp3) is 0.161. The van der Waals surface area contributed by atoms with Crippen molar-refractivity contribution >= 4 is 22.4 Å². The third-order valence-electron chi connectivity index (χ3n) is 6.15. The smallest absolute Gasteiger partial charge is 0.291 e. The van der Waals surface area contributed by atoms with Gasteiger partial charge in [0, 0.05) is 22.9 Å². The van der Waals surface area contributed by atoms with Crippen molar-refractivity contribution in [3.05, 3.63) is 106 Å². The van der Waals surface area contributed by atoms with Gasteiger partial charge in [0.25, 0.3) is 5.56 Å². The van der Waals surface area contributed by atoms with E-state index >= 15 is 0 Å². The minimum Gasteiger partial charge on any atom is -0.494 e. The van der Waals surface area contributed by atoms with Gasteiger partial charge in [0.05, 0.1) is 22.9 Å². The number of benzene rings is 3. The molecule has 3 aromatic heterocycles. The lowest BCUT2D eigenvalue weighted by atomic mass is 10.1. The van der Waals surface area contributed by atoms with Gasteiger partial charge in [0.2, 0.25) is 4.96 Å². The van der Waals surface area contributed by atoms with E-state index in [1.165, 1.54) is 15.9 Å². The summed E-state index contributed by atoms with van der Waals surface area (Å²) < 4.78 is 15.0. The van der Waals surface area contributed by atoms with Crippen molar-refractivity contribution in [1.29, 1.82) is 0 Å². The number of para-hydroxylation sites is 1. The normalized spacial score (nSPS) is 11.9. The molecule has 0 amide bonds. The Balaban J connectivity index is 1.40. The molecule has 6 rings (SSSR count). The molecule has 6 aromatic rings. The lowest BCUT2D eigenvalue weighted by Crippen LogP contribution is -2.23. The van der Waals surface area contributed by atoms with Crippen LogP contribution >= 0.6 is 11.3 Å². The molecule has 0 N–H and O–H groups in total. The summed E-state index contributed by atoms with van der Waals surface area (Å²) in [4.78, 5) is 18.5. The summed E-state index contributed by atoms with van der Waals surface area (Å²) in [6, 6.07) is 25.3. The fourth-order valence-corrected chi connectivity index (χ4v) is 5.26. The molecule has 3 heterocycles. The molecular formula is C31H27N5O3S. The molecule has 0 atom stereocenters. The Morgan fingerprint density at radius 2 is 1.60 bits per heavy atom. The molecule has 0 fully saturated rings. The quantitative estimate of drug-likeness (QED) is 0.253. The van der Waals surface area contributed by atoms with E-state index in [0.29, 0.717) is 21.9 Å². The number of hydrogen-bond acceptors (Lipinski definition) is 7. The van der Waals surface area contributed by atoms with Crippen LogP contribution in [0.5, 0.6) is 11.5 Å². The summed E-state index contributed by atoms with van der Waals surface area (Å²) in [7, 11) is 0. The monoisotopic (exact) mass is 549 g/mol. The van der Waals surface area contributed by atoms with Crippen molar-refractivity contribution in [3.8, 4) is 39.8 Å². The van der Waals surface area contributed by atoms with Crippen LogP contribution in [0.3, 0.4) is 0 Å². The largest absolute Gasteiger partial charge is 0.494 e. The number of hydrogen-bond donors (Lipinski definition) is 0. The average Bonchev–Trinajstić information content (AvgIpc) is 3.65. The Hall–Kier alpha value is -4.76. The summed E-state index contributed by atoms with van der Waals surface area (Å²) in [5.41, 5.74) is 4.02. The van der Waals surface area contributed by atoms with Gasteiger partial charge in [-0.25, -0.2) is 4.68 Å². The molecule has 40 heavy (non-hydrogen) atoms. The van der Waals surface area contributed by atoms with Crippen LogP contribution in [-0.4, -0.2) is 37.1 Å². The molecule has 0 saturated heterocycles. The summed E-state index contributed by atoms with van der Waals surface area (Å²) >= 11 is 1.30. The van der Waals surface area contributed by atoms with E-state index in [-0.39, 0.29) is 11.7 Å². The van der Waals surface area contributed by atoms with E-state index in [9.17, 15) is 4.79 Å². The Labute approximate surface area is 234 Å². The van der Waals surface area contributed by atoms with Gasteiger partial charge in [-0.15, -0.1) is 5.10 Å². The van der Waals surface area contributed by atoms with Gasteiger partial charge in [-0.1, -0.05) is 29.5 Å². The van der Waals surface area contributed by atoms with Gasteiger partial charge in [0.15, 0.2) is 5.82 Å². The molecule has 0 saturated carbocycles. The molecule has 0 aliphatic heterocycles. The molecule has 0 spiro atoms.